The largest absolute Gasteiger partial charge is 0.497 e. The van der Waals surface area contributed by atoms with Crippen molar-refractivity contribution in [2.75, 3.05) is 48.0 Å². The van der Waals surface area contributed by atoms with Gasteiger partial charge in [-0.3, -0.25) is 10.1 Å². The van der Waals surface area contributed by atoms with Crippen molar-refractivity contribution in [2.24, 2.45) is 5.92 Å². The quantitative estimate of drug-likeness (QED) is 0.0611. The van der Waals surface area contributed by atoms with E-state index in [2.05, 4.69) is 55.6 Å². The molecule has 2 heterocycles. The van der Waals surface area contributed by atoms with Gasteiger partial charge in [-0.25, -0.2) is 4.63 Å². The summed E-state index contributed by atoms with van der Waals surface area (Å²) in [7, 11) is 1.67. The number of hydrogen-bond acceptors (Lipinski definition) is 13. The molecule has 5 rings (SSSR count). The van der Waals surface area contributed by atoms with Gasteiger partial charge in [0.15, 0.2) is 5.52 Å². The van der Waals surface area contributed by atoms with Gasteiger partial charge in [0.25, 0.3) is 0 Å². The van der Waals surface area contributed by atoms with Gasteiger partial charge in [-0.05, 0) is 72.1 Å². The van der Waals surface area contributed by atoms with E-state index >= 15 is 0 Å². The smallest absolute Gasteiger partial charge is 0.300 e. The highest BCUT2D eigenvalue weighted by Crippen LogP contribution is 2.29. The second kappa shape index (κ2) is 15.8. The Kier molecular flexibility index (Phi) is 11.1. The fraction of sp³-hybridized carbons (Fsp3) is 0.516. The van der Waals surface area contributed by atoms with Gasteiger partial charge < -0.3 is 26.0 Å². The number of nitrogens with zero attached hydrogens (tertiary/aromatic N) is 6. The summed E-state index contributed by atoms with van der Waals surface area (Å²) < 4.78 is 9.99. The van der Waals surface area contributed by atoms with Crippen LogP contribution in [0.25, 0.3) is 11.0 Å². The van der Waals surface area contributed by atoms with Gasteiger partial charge >= 0.3 is 5.69 Å². The number of non-ortho nitro benzene ring substituents is 1. The summed E-state index contributed by atoms with van der Waals surface area (Å²) in [5.41, 5.74) is 2.28. The highest BCUT2D eigenvalue weighted by atomic mass is 16.6. The van der Waals surface area contributed by atoms with Gasteiger partial charge in [0.05, 0.1) is 17.7 Å². The zero-order valence-corrected chi connectivity index (χ0v) is 25.9. The lowest BCUT2D eigenvalue weighted by Gasteiger charge is -2.29. The topological polar surface area (TPSA) is 178 Å². The highest BCUT2D eigenvalue weighted by Gasteiger charge is 2.22. The minimum absolute atomic E-state index is 0.120. The Balaban J connectivity index is 1.08. The van der Waals surface area contributed by atoms with E-state index in [0.29, 0.717) is 54.1 Å². The van der Waals surface area contributed by atoms with E-state index in [0.717, 1.165) is 50.8 Å². The molecule has 1 aliphatic rings. The van der Waals surface area contributed by atoms with Crippen LogP contribution in [0.1, 0.15) is 63.9 Å². The highest BCUT2D eigenvalue weighted by molar-refractivity contribution is 5.93. The number of nitrogens with one attached hydrogen (secondary N) is 4. The van der Waals surface area contributed by atoms with Crippen LogP contribution in [0.3, 0.4) is 0 Å². The van der Waals surface area contributed by atoms with Crippen molar-refractivity contribution >= 4 is 40.3 Å². The molecule has 0 saturated heterocycles. The zero-order valence-electron chi connectivity index (χ0n) is 25.9. The first-order valence-electron chi connectivity index (χ1n) is 15.8. The number of anilines is 4. The molecule has 1 fully saturated rings. The van der Waals surface area contributed by atoms with Crippen molar-refractivity contribution in [1.82, 2.24) is 25.3 Å². The number of nitro groups is 1. The van der Waals surface area contributed by atoms with E-state index < -0.39 is 4.92 Å². The van der Waals surface area contributed by atoms with Gasteiger partial charge in [-0.2, -0.15) is 15.0 Å². The number of aromatic nitrogens is 5. The Labute approximate surface area is 262 Å². The average Bonchev–Trinajstić information content (AvgIpc) is 3.54. The standard InChI is InChI=1S/C31H42N10O4/c1-21-9-5-6-10-24(21)35-31-37-29(36-30(38-31)34-20-17-22-11-13-23(44-2)14-12-22)33-19-8-4-3-7-18-32-25-15-16-26(41(42)43)28-27(25)39-45-40-28/h11-16,21,24,32H,3-10,17-20H2,1-2H3,(H3,33,34,35,36,37,38). The van der Waals surface area contributed by atoms with Gasteiger partial charge in [-0.15, -0.1) is 0 Å². The van der Waals surface area contributed by atoms with Crippen LogP contribution >= 0.6 is 0 Å². The summed E-state index contributed by atoms with van der Waals surface area (Å²) in [6.07, 6.45) is 9.60. The molecule has 4 aromatic rings. The molecule has 240 valence electrons. The van der Waals surface area contributed by atoms with Gasteiger partial charge in [0.1, 0.15) is 5.75 Å². The first-order chi connectivity index (χ1) is 22.0. The molecular formula is C31H42N10O4. The molecule has 1 aliphatic carbocycles. The molecule has 1 saturated carbocycles. The van der Waals surface area contributed by atoms with Crippen molar-refractivity contribution < 1.29 is 14.3 Å². The third kappa shape index (κ3) is 8.89. The average molecular weight is 619 g/mol. The molecule has 2 atom stereocenters. The molecule has 14 nitrogen and oxygen atoms in total. The van der Waals surface area contributed by atoms with Crippen molar-refractivity contribution in [1.29, 1.82) is 0 Å². The number of methoxy groups -OCH3 is 1. The molecule has 0 bridgehead atoms. The van der Waals surface area contributed by atoms with E-state index in [4.69, 9.17) is 19.3 Å². The SMILES string of the molecule is COc1ccc(CCNc2nc(NCCCCCCNc3ccc([N+](=O)[O-])c4nonc34)nc(NC3CCCCC3C)n2)cc1. The molecule has 2 aromatic carbocycles. The lowest BCUT2D eigenvalue weighted by Crippen LogP contribution is -2.31. The number of benzene rings is 2. The Hall–Kier alpha value is -4.75. The minimum atomic E-state index is -0.489. The normalized spacial score (nSPS) is 16.3. The van der Waals surface area contributed by atoms with Gasteiger partial charge in [-0.1, -0.05) is 44.7 Å². The fourth-order valence-electron chi connectivity index (χ4n) is 5.58. The number of hydrogen-bond donors (Lipinski definition) is 4. The van der Waals surface area contributed by atoms with Crippen LogP contribution in [0, 0.1) is 16.0 Å². The molecule has 14 heteroatoms. The maximum Gasteiger partial charge on any atom is 0.300 e. The summed E-state index contributed by atoms with van der Waals surface area (Å²) in [5, 5.41) is 32.3. The van der Waals surface area contributed by atoms with Crippen LogP contribution in [0.4, 0.5) is 29.2 Å². The first kappa shape index (κ1) is 31.7. The first-order valence-corrected chi connectivity index (χ1v) is 15.8. The van der Waals surface area contributed by atoms with Crippen molar-refractivity contribution in [2.45, 2.75) is 70.8 Å². The molecule has 4 N–H and O–H groups in total. The van der Waals surface area contributed by atoms with Crippen LogP contribution in [0.5, 0.6) is 5.75 Å². The molecule has 45 heavy (non-hydrogen) atoms. The molecule has 0 amide bonds. The maximum absolute atomic E-state index is 11.2. The minimum Gasteiger partial charge on any atom is -0.497 e. The van der Waals surface area contributed by atoms with E-state index in [1.54, 1.807) is 13.2 Å². The maximum atomic E-state index is 11.2. The van der Waals surface area contributed by atoms with Crippen LogP contribution in [0.15, 0.2) is 41.0 Å². The zero-order chi connectivity index (χ0) is 31.4. The second-order valence-electron chi connectivity index (χ2n) is 11.5. The summed E-state index contributed by atoms with van der Waals surface area (Å²) in [6.45, 7) is 4.44. The van der Waals surface area contributed by atoms with Crippen LogP contribution in [-0.4, -0.2) is 63.0 Å². The van der Waals surface area contributed by atoms with E-state index in [1.165, 1.54) is 30.9 Å². The number of fused-ring (bicyclic) bond motifs is 1. The van der Waals surface area contributed by atoms with E-state index in [1.807, 2.05) is 12.1 Å². The fourth-order valence-corrected chi connectivity index (χ4v) is 5.58. The Morgan fingerprint density at radius 3 is 2.22 bits per heavy atom. The molecule has 0 radical (unpaired) electrons. The second-order valence-corrected chi connectivity index (χ2v) is 11.5. The van der Waals surface area contributed by atoms with Gasteiger partial charge in [0, 0.05) is 31.7 Å². The summed E-state index contributed by atoms with van der Waals surface area (Å²) >= 11 is 0. The Bertz CT molecular complexity index is 1530. The van der Waals surface area contributed by atoms with Gasteiger partial charge in [0.2, 0.25) is 23.4 Å². The summed E-state index contributed by atoms with van der Waals surface area (Å²) in [4.78, 5) is 24.7. The van der Waals surface area contributed by atoms with Crippen LogP contribution < -0.4 is 26.0 Å². The predicted octanol–water partition coefficient (Wildman–Crippen LogP) is 6.05. The Morgan fingerprint density at radius 1 is 0.844 bits per heavy atom. The molecule has 2 unspecified atom stereocenters. The third-order valence-corrected chi connectivity index (χ3v) is 8.21. The number of ether oxygens (including phenoxy) is 1. The number of unbranched alkanes of at least 4 members (excludes halogenated alkanes) is 3. The van der Waals surface area contributed by atoms with E-state index in [-0.39, 0.29) is 11.2 Å². The lowest BCUT2D eigenvalue weighted by molar-refractivity contribution is -0.383. The monoisotopic (exact) mass is 618 g/mol. The Morgan fingerprint density at radius 2 is 1.51 bits per heavy atom. The summed E-state index contributed by atoms with van der Waals surface area (Å²) in [5.74, 6) is 3.14. The number of nitro benzene ring substituents is 1. The molecule has 0 spiro atoms. The van der Waals surface area contributed by atoms with Crippen molar-refractivity contribution in [3.8, 4) is 5.75 Å². The number of rotatable bonds is 17. The lowest BCUT2D eigenvalue weighted by atomic mass is 9.86. The van der Waals surface area contributed by atoms with Crippen LogP contribution in [-0.2, 0) is 6.42 Å². The third-order valence-electron chi connectivity index (χ3n) is 8.21. The molecule has 2 aromatic heterocycles. The van der Waals surface area contributed by atoms with Crippen molar-refractivity contribution in [3.05, 3.63) is 52.1 Å². The molecular weight excluding hydrogens is 576 g/mol. The molecule has 0 aliphatic heterocycles. The van der Waals surface area contributed by atoms with Crippen molar-refractivity contribution in [3.63, 3.8) is 0 Å². The predicted molar refractivity (Wildman–Crippen MR) is 174 cm³/mol. The van der Waals surface area contributed by atoms with Crippen LogP contribution in [0.2, 0.25) is 0 Å². The summed E-state index contributed by atoms with van der Waals surface area (Å²) in [6, 6.07) is 11.5. The van der Waals surface area contributed by atoms with E-state index in [9.17, 15) is 10.1 Å².